The lowest BCUT2D eigenvalue weighted by atomic mass is 9.87. The molecule has 0 aliphatic carbocycles. The zero-order valence-corrected chi connectivity index (χ0v) is 11.3. The van der Waals surface area contributed by atoms with Gasteiger partial charge in [0.2, 0.25) is 0 Å². The van der Waals surface area contributed by atoms with E-state index < -0.39 is 0 Å². The first-order chi connectivity index (χ1) is 8.28. The second-order valence-corrected chi connectivity index (χ2v) is 5.79. The maximum atomic E-state index is 6.15. The maximum absolute atomic E-state index is 6.15. The summed E-state index contributed by atoms with van der Waals surface area (Å²) in [5.74, 6) is 0. The summed E-state index contributed by atoms with van der Waals surface area (Å²) in [5, 5.41) is 0. The Hall–Kier alpha value is -0.120. The van der Waals surface area contributed by atoms with Crippen LogP contribution in [0.25, 0.3) is 0 Å². The topological polar surface area (TPSA) is 38.5 Å². The number of nitrogens with zero attached hydrogens (tertiary/aromatic N) is 1. The molecule has 3 heteroatoms. The quantitative estimate of drug-likeness (QED) is 0.804. The van der Waals surface area contributed by atoms with Crippen LogP contribution in [0.1, 0.15) is 51.9 Å². The van der Waals surface area contributed by atoms with Crippen molar-refractivity contribution in [1.82, 2.24) is 4.90 Å². The molecule has 2 atom stereocenters. The molecule has 2 rings (SSSR count). The SMILES string of the molecule is CC1CCCCCN1C1(CN)CCCOCC1. The van der Waals surface area contributed by atoms with Gasteiger partial charge in [0.15, 0.2) is 0 Å². The zero-order valence-electron chi connectivity index (χ0n) is 11.3. The lowest BCUT2D eigenvalue weighted by Gasteiger charge is -2.45. The van der Waals surface area contributed by atoms with Crippen LogP contribution in [-0.2, 0) is 4.74 Å². The lowest BCUT2D eigenvalue weighted by molar-refractivity contribution is 0.0375. The van der Waals surface area contributed by atoms with Crippen molar-refractivity contribution in [1.29, 1.82) is 0 Å². The van der Waals surface area contributed by atoms with E-state index in [1.165, 1.54) is 45.1 Å². The average Bonchev–Trinajstić information content (AvgIpc) is 2.70. The number of hydrogen-bond donors (Lipinski definition) is 1. The smallest absolute Gasteiger partial charge is 0.0484 e. The van der Waals surface area contributed by atoms with Crippen molar-refractivity contribution in [3.8, 4) is 0 Å². The summed E-state index contributed by atoms with van der Waals surface area (Å²) >= 11 is 0. The Morgan fingerprint density at radius 2 is 2.06 bits per heavy atom. The van der Waals surface area contributed by atoms with Gasteiger partial charge < -0.3 is 10.5 Å². The average molecular weight is 240 g/mol. The van der Waals surface area contributed by atoms with Crippen LogP contribution in [0.3, 0.4) is 0 Å². The molecule has 100 valence electrons. The first kappa shape index (κ1) is 13.3. The summed E-state index contributed by atoms with van der Waals surface area (Å²) in [7, 11) is 0. The fourth-order valence-electron chi connectivity index (χ4n) is 3.58. The van der Waals surface area contributed by atoms with Crippen molar-refractivity contribution in [2.75, 3.05) is 26.3 Å². The number of hydrogen-bond acceptors (Lipinski definition) is 3. The minimum atomic E-state index is 0.222. The molecular formula is C14H28N2O. The molecule has 3 nitrogen and oxygen atoms in total. The first-order valence-corrected chi connectivity index (χ1v) is 7.33. The van der Waals surface area contributed by atoms with E-state index in [9.17, 15) is 0 Å². The summed E-state index contributed by atoms with van der Waals surface area (Å²) in [6.07, 6.45) is 8.95. The fraction of sp³-hybridized carbons (Fsp3) is 1.00. The van der Waals surface area contributed by atoms with Gasteiger partial charge in [-0.05, 0) is 45.6 Å². The Bertz CT molecular complexity index is 224. The second-order valence-electron chi connectivity index (χ2n) is 5.79. The molecule has 0 bridgehead atoms. The van der Waals surface area contributed by atoms with E-state index in [4.69, 9.17) is 10.5 Å². The van der Waals surface area contributed by atoms with Crippen molar-refractivity contribution in [3.63, 3.8) is 0 Å². The monoisotopic (exact) mass is 240 g/mol. The maximum Gasteiger partial charge on any atom is 0.0484 e. The summed E-state index contributed by atoms with van der Waals surface area (Å²) < 4.78 is 5.63. The van der Waals surface area contributed by atoms with E-state index in [1.807, 2.05) is 0 Å². The summed E-state index contributed by atoms with van der Waals surface area (Å²) in [5.41, 5.74) is 6.38. The fourth-order valence-corrected chi connectivity index (χ4v) is 3.58. The molecule has 0 spiro atoms. The van der Waals surface area contributed by atoms with Crippen LogP contribution in [0.5, 0.6) is 0 Å². The first-order valence-electron chi connectivity index (χ1n) is 7.33. The molecule has 2 fully saturated rings. The van der Waals surface area contributed by atoms with Crippen LogP contribution in [0.4, 0.5) is 0 Å². The van der Waals surface area contributed by atoms with E-state index >= 15 is 0 Å². The molecule has 17 heavy (non-hydrogen) atoms. The molecule has 0 aromatic heterocycles. The minimum absolute atomic E-state index is 0.222. The van der Waals surface area contributed by atoms with Gasteiger partial charge in [-0.1, -0.05) is 12.8 Å². The minimum Gasteiger partial charge on any atom is -0.381 e. The van der Waals surface area contributed by atoms with E-state index in [-0.39, 0.29) is 5.54 Å². The number of rotatable bonds is 2. The Kier molecular flexibility index (Phi) is 4.83. The summed E-state index contributed by atoms with van der Waals surface area (Å²) in [6.45, 7) is 6.22. The molecule has 2 saturated heterocycles. The standard InChI is InChI=1S/C14H28N2O/c1-13-6-3-2-4-9-16(13)14(12-15)7-5-10-17-11-8-14/h13H,2-12,15H2,1H3. The van der Waals surface area contributed by atoms with Gasteiger partial charge in [0.1, 0.15) is 0 Å². The van der Waals surface area contributed by atoms with Crippen molar-refractivity contribution >= 4 is 0 Å². The largest absolute Gasteiger partial charge is 0.381 e. The second kappa shape index (κ2) is 6.17. The summed E-state index contributed by atoms with van der Waals surface area (Å²) in [6, 6.07) is 0.694. The molecule has 2 aliphatic rings. The van der Waals surface area contributed by atoms with Gasteiger partial charge in [-0.25, -0.2) is 0 Å². The molecule has 0 aromatic rings. The number of nitrogens with two attached hydrogens (primary N) is 1. The van der Waals surface area contributed by atoms with E-state index in [1.54, 1.807) is 0 Å². The molecule has 0 aromatic carbocycles. The van der Waals surface area contributed by atoms with Crippen molar-refractivity contribution < 1.29 is 4.74 Å². The highest BCUT2D eigenvalue weighted by atomic mass is 16.5. The highest BCUT2D eigenvalue weighted by Crippen LogP contribution is 2.32. The predicted octanol–water partition coefficient (Wildman–Crippen LogP) is 2.15. The van der Waals surface area contributed by atoms with Crippen LogP contribution in [0, 0.1) is 0 Å². The Balaban J connectivity index is 2.12. The van der Waals surface area contributed by atoms with E-state index in [0.29, 0.717) is 6.04 Å². The molecular weight excluding hydrogens is 212 g/mol. The van der Waals surface area contributed by atoms with Crippen molar-refractivity contribution in [2.45, 2.75) is 63.5 Å². The van der Waals surface area contributed by atoms with Gasteiger partial charge >= 0.3 is 0 Å². The van der Waals surface area contributed by atoms with Gasteiger partial charge in [0.25, 0.3) is 0 Å². The molecule has 2 N–H and O–H groups in total. The molecule has 0 radical (unpaired) electrons. The molecule has 0 saturated carbocycles. The Morgan fingerprint density at radius 1 is 1.18 bits per heavy atom. The third-order valence-corrected chi connectivity index (χ3v) is 4.68. The molecule has 2 heterocycles. The lowest BCUT2D eigenvalue weighted by Crippen LogP contribution is -2.57. The van der Waals surface area contributed by atoms with Crippen LogP contribution in [-0.4, -0.2) is 42.8 Å². The summed E-state index contributed by atoms with van der Waals surface area (Å²) in [4.78, 5) is 2.72. The Morgan fingerprint density at radius 3 is 2.88 bits per heavy atom. The van der Waals surface area contributed by atoms with Crippen LogP contribution < -0.4 is 5.73 Å². The Labute approximate surface area is 106 Å². The van der Waals surface area contributed by atoms with E-state index in [2.05, 4.69) is 11.8 Å². The van der Waals surface area contributed by atoms with Crippen LogP contribution in [0.2, 0.25) is 0 Å². The normalized spacial score (nSPS) is 37.4. The van der Waals surface area contributed by atoms with Crippen LogP contribution in [0.15, 0.2) is 0 Å². The third-order valence-electron chi connectivity index (χ3n) is 4.68. The van der Waals surface area contributed by atoms with Crippen molar-refractivity contribution in [3.05, 3.63) is 0 Å². The van der Waals surface area contributed by atoms with Gasteiger partial charge in [0, 0.05) is 31.3 Å². The number of likely N-dealkylation sites (tertiary alicyclic amines) is 1. The van der Waals surface area contributed by atoms with Gasteiger partial charge in [-0.2, -0.15) is 0 Å². The van der Waals surface area contributed by atoms with E-state index in [0.717, 1.165) is 26.2 Å². The zero-order chi connectivity index (χ0) is 12.1. The molecule has 0 amide bonds. The molecule has 2 aliphatic heterocycles. The van der Waals surface area contributed by atoms with Gasteiger partial charge in [0.05, 0.1) is 0 Å². The van der Waals surface area contributed by atoms with Gasteiger partial charge in [-0.3, -0.25) is 4.90 Å². The van der Waals surface area contributed by atoms with Crippen LogP contribution >= 0.6 is 0 Å². The third kappa shape index (κ3) is 3.01. The molecule has 2 unspecified atom stereocenters. The highest BCUT2D eigenvalue weighted by Gasteiger charge is 2.38. The van der Waals surface area contributed by atoms with Crippen molar-refractivity contribution in [2.24, 2.45) is 5.73 Å². The predicted molar refractivity (Wildman–Crippen MR) is 71.1 cm³/mol. The number of ether oxygens (including phenoxy) is 1. The van der Waals surface area contributed by atoms with Gasteiger partial charge in [-0.15, -0.1) is 0 Å². The highest BCUT2D eigenvalue weighted by molar-refractivity contribution is 4.95.